The number of aryl methyl sites for hydroxylation is 1. The first-order chi connectivity index (χ1) is 11.6. The van der Waals surface area contributed by atoms with Crippen LogP contribution in [-0.4, -0.2) is 38.4 Å². The third kappa shape index (κ3) is 4.19. The molecular weight excluding hydrogens is 388 g/mol. The smallest absolute Gasteiger partial charge is 0.233 e. The highest BCUT2D eigenvalue weighted by Gasteiger charge is 2.17. The highest BCUT2D eigenvalue weighted by atomic mass is 79.9. The van der Waals surface area contributed by atoms with Crippen molar-refractivity contribution in [2.75, 3.05) is 12.8 Å². The number of amides is 1. The van der Waals surface area contributed by atoms with E-state index in [1.54, 1.807) is 4.90 Å². The Bertz CT molecular complexity index is 718. The molecule has 5 nitrogen and oxygen atoms in total. The van der Waals surface area contributed by atoms with Crippen LogP contribution in [0.5, 0.6) is 0 Å². The second-order valence-electron chi connectivity index (χ2n) is 5.99. The number of carbonyl (C=O) groups excluding carboxylic acids is 1. The van der Waals surface area contributed by atoms with Crippen molar-refractivity contribution in [3.05, 3.63) is 40.1 Å². The predicted molar refractivity (Wildman–Crippen MR) is 98.9 cm³/mol. The van der Waals surface area contributed by atoms with Crippen molar-refractivity contribution in [3.8, 4) is 0 Å². The molecule has 0 bridgehead atoms. The van der Waals surface area contributed by atoms with Gasteiger partial charge in [0.1, 0.15) is 5.82 Å². The summed E-state index contributed by atoms with van der Waals surface area (Å²) in [6.07, 6.45) is 4.56. The number of carbonyl (C=O) groups is 1. The summed E-state index contributed by atoms with van der Waals surface area (Å²) in [6.45, 7) is 1.56. The minimum absolute atomic E-state index is 0.0988. The van der Waals surface area contributed by atoms with Gasteiger partial charge in [-0.15, -0.1) is 10.2 Å². The number of aromatic nitrogens is 3. The highest BCUT2D eigenvalue weighted by Crippen LogP contribution is 2.22. The molecule has 1 amide bonds. The van der Waals surface area contributed by atoms with Crippen molar-refractivity contribution < 1.29 is 4.79 Å². The molecule has 0 saturated carbocycles. The van der Waals surface area contributed by atoms with E-state index in [4.69, 9.17) is 0 Å². The number of thioether (sulfide) groups is 1. The van der Waals surface area contributed by atoms with Gasteiger partial charge in [-0.3, -0.25) is 4.79 Å². The molecule has 3 rings (SSSR count). The van der Waals surface area contributed by atoms with Gasteiger partial charge in [0.25, 0.3) is 0 Å². The predicted octanol–water partition coefficient (Wildman–Crippen LogP) is 3.52. The molecule has 0 N–H and O–H groups in total. The fourth-order valence-electron chi connectivity index (χ4n) is 2.77. The van der Waals surface area contributed by atoms with Crippen LogP contribution in [0.25, 0.3) is 0 Å². The van der Waals surface area contributed by atoms with E-state index in [-0.39, 0.29) is 5.91 Å². The van der Waals surface area contributed by atoms with E-state index >= 15 is 0 Å². The number of hydrogen-bond donors (Lipinski definition) is 0. The fraction of sp³-hybridized carbons (Fsp3) is 0.471. The molecule has 1 aliphatic rings. The van der Waals surface area contributed by atoms with Gasteiger partial charge in [-0.05, 0) is 24.5 Å². The maximum absolute atomic E-state index is 12.4. The zero-order chi connectivity index (χ0) is 16.9. The lowest BCUT2D eigenvalue weighted by Crippen LogP contribution is -2.28. The summed E-state index contributed by atoms with van der Waals surface area (Å²) in [6, 6.07) is 7.98. The topological polar surface area (TPSA) is 51.0 Å². The maximum Gasteiger partial charge on any atom is 0.233 e. The number of rotatable bonds is 5. The lowest BCUT2D eigenvalue weighted by Gasteiger charge is -2.18. The maximum atomic E-state index is 12.4. The Hall–Kier alpha value is -1.34. The van der Waals surface area contributed by atoms with E-state index in [0.717, 1.165) is 40.4 Å². The van der Waals surface area contributed by atoms with E-state index < -0.39 is 0 Å². The van der Waals surface area contributed by atoms with Crippen LogP contribution < -0.4 is 0 Å². The molecule has 2 aromatic rings. The van der Waals surface area contributed by atoms with Gasteiger partial charge in [0.15, 0.2) is 5.16 Å². The molecule has 1 aliphatic heterocycles. The SMILES string of the molecule is CN(Cc1ccccc1Br)C(=O)CSc1nnc2n1CCCCC2. The van der Waals surface area contributed by atoms with Gasteiger partial charge in [0.2, 0.25) is 5.91 Å². The zero-order valence-electron chi connectivity index (χ0n) is 13.7. The minimum Gasteiger partial charge on any atom is -0.341 e. The van der Waals surface area contributed by atoms with Crippen LogP contribution in [0.1, 0.15) is 30.7 Å². The first-order valence-corrected chi connectivity index (χ1v) is 9.95. The fourth-order valence-corrected chi connectivity index (χ4v) is 4.11. The summed E-state index contributed by atoms with van der Waals surface area (Å²) < 4.78 is 3.21. The Labute approximate surface area is 155 Å². The van der Waals surface area contributed by atoms with Crippen LogP contribution in [-0.2, 0) is 24.3 Å². The Morgan fingerprint density at radius 3 is 2.96 bits per heavy atom. The number of hydrogen-bond acceptors (Lipinski definition) is 4. The van der Waals surface area contributed by atoms with E-state index in [0.29, 0.717) is 12.3 Å². The van der Waals surface area contributed by atoms with Crippen molar-refractivity contribution in [2.45, 2.75) is 43.9 Å². The summed E-state index contributed by atoms with van der Waals surface area (Å²) in [5, 5.41) is 9.42. The summed E-state index contributed by atoms with van der Waals surface area (Å²) in [5.41, 5.74) is 1.11. The first kappa shape index (κ1) is 17.5. The monoisotopic (exact) mass is 408 g/mol. The molecule has 1 aromatic carbocycles. The molecule has 1 aromatic heterocycles. The van der Waals surface area contributed by atoms with Crippen molar-refractivity contribution in [3.63, 3.8) is 0 Å². The molecule has 0 spiro atoms. The van der Waals surface area contributed by atoms with Crippen LogP contribution in [0.15, 0.2) is 33.9 Å². The molecule has 2 heterocycles. The summed E-state index contributed by atoms with van der Waals surface area (Å²) in [5.74, 6) is 1.55. The Balaban J connectivity index is 1.57. The third-order valence-electron chi connectivity index (χ3n) is 4.19. The van der Waals surface area contributed by atoms with Crippen molar-refractivity contribution >= 4 is 33.6 Å². The molecule has 0 atom stereocenters. The number of halogens is 1. The minimum atomic E-state index is 0.0988. The van der Waals surface area contributed by atoms with Gasteiger partial charge < -0.3 is 9.47 Å². The summed E-state index contributed by atoms with van der Waals surface area (Å²) in [4.78, 5) is 14.2. The Kier molecular flexibility index (Phi) is 5.94. The van der Waals surface area contributed by atoms with Crippen LogP contribution in [0.2, 0.25) is 0 Å². The molecule has 0 aliphatic carbocycles. The van der Waals surface area contributed by atoms with Crippen LogP contribution >= 0.6 is 27.7 Å². The standard InChI is InChI=1S/C17H21BrN4OS/c1-21(11-13-7-4-5-8-14(13)18)16(23)12-24-17-20-19-15-9-3-2-6-10-22(15)17/h4-5,7-8H,2-3,6,9-12H2,1H3. The molecular formula is C17H21BrN4OS. The molecule has 0 unspecified atom stereocenters. The lowest BCUT2D eigenvalue weighted by atomic mass is 10.2. The molecule has 7 heteroatoms. The van der Waals surface area contributed by atoms with Crippen molar-refractivity contribution in [1.82, 2.24) is 19.7 Å². The zero-order valence-corrected chi connectivity index (χ0v) is 16.1. The Morgan fingerprint density at radius 2 is 2.12 bits per heavy atom. The molecule has 24 heavy (non-hydrogen) atoms. The molecule has 128 valence electrons. The second kappa shape index (κ2) is 8.16. The second-order valence-corrected chi connectivity index (χ2v) is 7.79. The molecule has 0 radical (unpaired) electrons. The molecule has 0 saturated heterocycles. The highest BCUT2D eigenvalue weighted by molar-refractivity contribution is 9.10. The number of benzene rings is 1. The van der Waals surface area contributed by atoms with E-state index in [9.17, 15) is 4.79 Å². The van der Waals surface area contributed by atoms with Crippen molar-refractivity contribution in [1.29, 1.82) is 0 Å². The first-order valence-electron chi connectivity index (χ1n) is 8.17. The van der Waals surface area contributed by atoms with Crippen LogP contribution in [0.3, 0.4) is 0 Å². The van der Waals surface area contributed by atoms with Crippen molar-refractivity contribution in [2.24, 2.45) is 0 Å². The molecule has 0 fully saturated rings. The van der Waals surface area contributed by atoms with Crippen LogP contribution in [0.4, 0.5) is 0 Å². The quantitative estimate of drug-likeness (QED) is 0.710. The van der Waals surface area contributed by atoms with E-state index in [1.165, 1.54) is 24.6 Å². The van der Waals surface area contributed by atoms with Gasteiger partial charge in [-0.2, -0.15) is 0 Å². The van der Waals surface area contributed by atoms with E-state index in [1.807, 2.05) is 31.3 Å². The third-order valence-corrected chi connectivity index (χ3v) is 5.92. The van der Waals surface area contributed by atoms with E-state index in [2.05, 4.69) is 30.7 Å². The number of nitrogens with zero attached hydrogens (tertiary/aromatic N) is 4. The van der Waals surface area contributed by atoms with Gasteiger partial charge >= 0.3 is 0 Å². The Morgan fingerprint density at radius 1 is 1.29 bits per heavy atom. The van der Waals surface area contributed by atoms with Gasteiger partial charge in [-0.1, -0.05) is 52.3 Å². The number of fused-ring (bicyclic) bond motifs is 1. The lowest BCUT2D eigenvalue weighted by molar-refractivity contribution is -0.127. The van der Waals surface area contributed by atoms with Gasteiger partial charge in [-0.25, -0.2) is 0 Å². The summed E-state index contributed by atoms with van der Waals surface area (Å²) in [7, 11) is 1.84. The van der Waals surface area contributed by atoms with Gasteiger partial charge in [0, 0.05) is 31.0 Å². The summed E-state index contributed by atoms with van der Waals surface area (Å²) >= 11 is 5.02. The average molecular weight is 409 g/mol. The average Bonchev–Trinajstić information content (AvgIpc) is 2.81. The van der Waals surface area contributed by atoms with Gasteiger partial charge in [0.05, 0.1) is 5.75 Å². The van der Waals surface area contributed by atoms with Crippen LogP contribution in [0, 0.1) is 0 Å². The largest absolute Gasteiger partial charge is 0.341 e. The normalized spacial score (nSPS) is 14.1.